The van der Waals surface area contributed by atoms with Gasteiger partial charge >= 0.3 is 0 Å². The topological polar surface area (TPSA) is 58.2 Å². The Labute approximate surface area is 181 Å². The maximum absolute atomic E-state index is 12.0. The minimum absolute atomic E-state index is 0.0201. The van der Waals surface area contributed by atoms with Gasteiger partial charge in [-0.3, -0.25) is 9.59 Å². The second kappa shape index (κ2) is 11.5. The molecule has 0 aliphatic rings. The van der Waals surface area contributed by atoms with Crippen LogP contribution in [0.1, 0.15) is 46.4 Å². The third kappa shape index (κ3) is 7.61. The van der Waals surface area contributed by atoms with Crippen molar-refractivity contribution < 1.29 is 9.59 Å². The highest BCUT2D eigenvalue weighted by atomic mass is 127. The van der Waals surface area contributed by atoms with Crippen LogP contribution < -0.4 is 10.6 Å². The van der Waals surface area contributed by atoms with Crippen molar-refractivity contribution in [2.75, 3.05) is 13.1 Å². The molecule has 138 valence electrons. The number of halogens is 2. The highest BCUT2D eigenvalue weighted by molar-refractivity contribution is 14.1. The van der Waals surface area contributed by atoms with Gasteiger partial charge < -0.3 is 10.6 Å². The normalized spacial score (nSPS) is 10.4. The smallest absolute Gasteiger partial charge is 0.251 e. The molecule has 0 atom stereocenters. The maximum atomic E-state index is 12.0. The molecule has 0 saturated heterocycles. The van der Waals surface area contributed by atoms with Crippen LogP contribution in [0.2, 0.25) is 0 Å². The van der Waals surface area contributed by atoms with Crippen LogP contribution in [0.4, 0.5) is 0 Å². The van der Waals surface area contributed by atoms with E-state index in [1.807, 2.05) is 48.5 Å². The second-order valence-electron chi connectivity index (χ2n) is 5.95. The van der Waals surface area contributed by atoms with Crippen LogP contribution >= 0.6 is 45.2 Å². The van der Waals surface area contributed by atoms with Crippen LogP contribution in [0.3, 0.4) is 0 Å². The summed E-state index contributed by atoms with van der Waals surface area (Å²) in [5.41, 5.74) is 1.41. The van der Waals surface area contributed by atoms with Crippen LogP contribution in [0.15, 0.2) is 48.5 Å². The molecular weight excluding hydrogens is 554 g/mol. The molecule has 0 heterocycles. The lowest BCUT2D eigenvalue weighted by atomic mass is 10.1. The molecule has 0 fully saturated rings. The average Bonchev–Trinajstić information content (AvgIpc) is 2.63. The first-order valence-electron chi connectivity index (χ1n) is 8.64. The number of unbranched alkanes of at least 4 members (excludes halogenated alkanes) is 3. The van der Waals surface area contributed by atoms with Gasteiger partial charge in [0.2, 0.25) is 0 Å². The summed E-state index contributed by atoms with van der Waals surface area (Å²) in [5, 5.41) is 5.90. The highest BCUT2D eigenvalue weighted by Gasteiger charge is 2.05. The Morgan fingerprint density at radius 2 is 1.12 bits per heavy atom. The molecule has 0 saturated carbocycles. The van der Waals surface area contributed by atoms with Crippen LogP contribution in [0.25, 0.3) is 0 Å². The quantitative estimate of drug-likeness (QED) is 0.339. The monoisotopic (exact) mass is 576 g/mol. The SMILES string of the molecule is O=C(NCCCCCCNC(=O)c1cccc(I)c1)c1cccc(I)c1. The predicted molar refractivity (Wildman–Crippen MR) is 121 cm³/mol. The highest BCUT2D eigenvalue weighted by Crippen LogP contribution is 2.09. The Bertz CT molecular complexity index is 687. The van der Waals surface area contributed by atoms with Crippen LogP contribution in [0.5, 0.6) is 0 Å². The molecule has 0 bridgehead atoms. The number of amides is 2. The number of hydrogen-bond donors (Lipinski definition) is 2. The Morgan fingerprint density at radius 1 is 0.692 bits per heavy atom. The zero-order chi connectivity index (χ0) is 18.8. The fourth-order valence-corrected chi connectivity index (χ4v) is 3.56. The summed E-state index contributed by atoms with van der Waals surface area (Å²) in [6.07, 6.45) is 3.96. The molecule has 2 aromatic carbocycles. The molecule has 0 radical (unpaired) electrons. The average molecular weight is 576 g/mol. The molecule has 0 aliphatic heterocycles. The molecule has 0 aliphatic carbocycles. The fraction of sp³-hybridized carbons (Fsp3) is 0.300. The third-order valence-corrected chi connectivity index (χ3v) is 5.19. The van der Waals surface area contributed by atoms with Gasteiger partial charge in [-0.25, -0.2) is 0 Å². The summed E-state index contributed by atoms with van der Waals surface area (Å²) in [5.74, 6) is -0.0402. The molecule has 2 aromatic rings. The second-order valence-corrected chi connectivity index (χ2v) is 8.44. The van der Waals surface area contributed by atoms with Crippen molar-refractivity contribution in [3.05, 3.63) is 66.8 Å². The van der Waals surface area contributed by atoms with Gasteiger partial charge in [0.1, 0.15) is 0 Å². The Balaban J connectivity index is 1.53. The lowest BCUT2D eigenvalue weighted by molar-refractivity contribution is 0.0943. The van der Waals surface area contributed by atoms with E-state index in [0.29, 0.717) is 24.2 Å². The molecule has 2 N–H and O–H groups in total. The lowest BCUT2D eigenvalue weighted by Crippen LogP contribution is -2.25. The van der Waals surface area contributed by atoms with Crippen LogP contribution in [0, 0.1) is 7.14 Å². The van der Waals surface area contributed by atoms with Gasteiger partial charge in [-0.1, -0.05) is 25.0 Å². The van der Waals surface area contributed by atoms with Gasteiger partial charge in [-0.2, -0.15) is 0 Å². The maximum Gasteiger partial charge on any atom is 0.251 e. The number of hydrogen-bond acceptors (Lipinski definition) is 2. The number of benzene rings is 2. The Hall–Kier alpha value is -1.16. The standard InChI is InChI=1S/C20H22I2N2O2/c21-17-9-5-7-15(13-17)19(25)23-11-3-1-2-4-12-24-20(26)16-8-6-10-18(22)14-16/h5-10,13-14H,1-4,11-12H2,(H,23,25)(H,24,26). The predicted octanol–water partition coefficient (Wildman–Crippen LogP) is 4.62. The minimum Gasteiger partial charge on any atom is -0.352 e. The molecule has 6 heteroatoms. The van der Waals surface area contributed by atoms with E-state index in [0.717, 1.165) is 32.8 Å². The van der Waals surface area contributed by atoms with E-state index in [9.17, 15) is 9.59 Å². The third-order valence-electron chi connectivity index (χ3n) is 3.85. The molecule has 0 spiro atoms. The first kappa shape index (κ1) is 21.1. The molecule has 4 nitrogen and oxygen atoms in total. The number of carbonyl (C=O) groups is 2. The lowest BCUT2D eigenvalue weighted by Gasteiger charge is -2.07. The van der Waals surface area contributed by atoms with E-state index in [1.165, 1.54) is 0 Å². The number of nitrogens with one attached hydrogen (secondary N) is 2. The van der Waals surface area contributed by atoms with Gasteiger partial charge in [0, 0.05) is 31.4 Å². The van der Waals surface area contributed by atoms with E-state index in [1.54, 1.807) is 0 Å². The van der Waals surface area contributed by atoms with Crippen molar-refractivity contribution >= 4 is 57.0 Å². The summed E-state index contributed by atoms with van der Waals surface area (Å²) < 4.78 is 2.12. The Morgan fingerprint density at radius 3 is 1.50 bits per heavy atom. The van der Waals surface area contributed by atoms with Gasteiger partial charge in [0.25, 0.3) is 11.8 Å². The van der Waals surface area contributed by atoms with Crippen molar-refractivity contribution in [1.82, 2.24) is 10.6 Å². The van der Waals surface area contributed by atoms with Crippen molar-refractivity contribution in [3.63, 3.8) is 0 Å². The molecule has 0 aromatic heterocycles. The zero-order valence-corrected chi connectivity index (χ0v) is 18.7. The number of rotatable bonds is 9. The van der Waals surface area contributed by atoms with E-state index in [-0.39, 0.29) is 11.8 Å². The fourth-order valence-electron chi connectivity index (χ4n) is 2.47. The molecule has 26 heavy (non-hydrogen) atoms. The van der Waals surface area contributed by atoms with E-state index >= 15 is 0 Å². The Kier molecular flexibility index (Phi) is 9.38. The molecule has 2 rings (SSSR count). The van der Waals surface area contributed by atoms with Crippen molar-refractivity contribution in [2.45, 2.75) is 25.7 Å². The number of carbonyl (C=O) groups excluding carboxylic acids is 2. The summed E-state index contributed by atoms with van der Waals surface area (Å²) in [6, 6.07) is 15.1. The van der Waals surface area contributed by atoms with Crippen LogP contribution in [-0.4, -0.2) is 24.9 Å². The summed E-state index contributed by atoms with van der Waals surface area (Å²) >= 11 is 4.40. The molecular formula is C20H22I2N2O2. The summed E-state index contributed by atoms with van der Waals surface area (Å²) in [4.78, 5) is 24.0. The molecule has 0 unspecified atom stereocenters. The summed E-state index contributed by atoms with van der Waals surface area (Å²) in [6.45, 7) is 1.36. The first-order valence-corrected chi connectivity index (χ1v) is 10.8. The zero-order valence-electron chi connectivity index (χ0n) is 14.4. The van der Waals surface area contributed by atoms with Gasteiger partial charge in [-0.05, 0) is 94.4 Å². The van der Waals surface area contributed by atoms with E-state index in [2.05, 4.69) is 55.8 Å². The van der Waals surface area contributed by atoms with Crippen molar-refractivity contribution in [2.24, 2.45) is 0 Å². The van der Waals surface area contributed by atoms with Gasteiger partial charge in [0.15, 0.2) is 0 Å². The van der Waals surface area contributed by atoms with E-state index < -0.39 is 0 Å². The van der Waals surface area contributed by atoms with Gasteiger partial charge in [-0.15, -0.1) is 0 Å². The first-order chi connectivity index (χ1) is 12.6. The minimum atomic E-state index is -0.0201. The largest absolute Gasteiger partial charge is 0.352 e. The van der Waals surface area contributed by atoms with Gasteiger partial charge in [0.05, 0.1) is 0 Å². The summed E-state index contributed by atoms with van der Waals surface area (Å²) in [7, 11) is 0. The van der Waals surface area contributed by atoms with E-state index in [4.69, 9.17) is 0 Å². The van der Waals surface area contributed by atoms with Crippen molar-refractivity contribution in [3.8, 4) is 0 Å². The van der Waals surface area contributed by atoms with Crippen LogP contribution in [-0.2, 0) is 0 Å². The molecule has 2 amide bonds. The van der Waals surface area contributed by atoms with Crippen molar-refractivity contribution in [1.29, 1.82) is 0 Å².